The van der Waals surface area contributed by atoms with Crippen LogP contribution in [0.25, 0.3) is 0 Å². The average Bonchev–Trinajstić information content (AvgIpc) is 1.86. The molecule has 0 atom stereocenters. The average molecular weight is 263 g/mol. The molecule has 1 heterocycles. The van der Waals surface area contributed by atoms with Crippen molar-refractivity contribution in [1.29, 1.82) is 0 Å². The van der Waals surface area contributed by atoms with Crippen molar-refractivity contribution in [1.82, 2.24) is 0 Å². The summed E-state index contributed by atoms with van der Waals surface area (Å²) in [7, 11) is 0. The Kier molecular flexibility index (Phi) is 2.10. The molecular formula is C4H8HfSi+2. The van der Waals surface area contributed by atoms with Gasteiger partial charge in [0.15, 0.2) is 0 Å². The second-order valence-corrected chi connectivity index (χ2v) is 11.6. The molecule has 1 aliphatic rings. The van der Waals surface area contributed by atoms with Crippen LogP contribution in [-0.4, -0.2) is 5.49 Å². The van der Waals surface area contributed by atoms with E-state index in [4.69, 9.17) is 0 Å². The van der Waals surface area contributed by atoms with Crippen LogP contribution in [0.3, 0.4) is 0 Å². The summed E-state index contributed by atoms with van der Waals surface area (Å²) in [5.74, 6) is 0. The number of hydrogen-bond acceptors (Lipinski definition) is 0. The van der Waals surface area contributed by atoms with E-state index >= 15 is 0 Å². The van der Waals surface area contributed by atoms with Crippen LogP contribution in [-0.2, 0) is 23.0 Å². The Bertz CT molecular complexity index is 61.9. The van der Waals surface area contributed by atoms with E-state index in [1.165, 1.54) is 0 Å². The van der Waals surface area contributed by atoms with Crippen molar-refractivity contribution >= 4 is 5.49 Å². The Morgan fingerprint density at radius 1 is 1.17 bits per heavy atom. The van der Waals surface area contributed by atoms with E-state index in [1.54, 1.807) is 47.9 Å². The van der Waals surface area contributed by atoms with Crippen LogP contribution in [0.4, 0.5) is 0 Å². The van der Waals surface area contributed by atoms with Crippen molar-refractivity contribution in [2.24, 2.45) is 0 Å². The molecule has 0 amide bonds. The van der Waals surface area contributed by atoms with Crippen LogP contribution in [0.2, 0.25) is 12.1 Å². The first-order valence-electron chi connectivity index (χ1n) is 2.46. The zero-order valence-electron chi connectivity index (χ0n) is 3.83. The Morgan fingerprint density at radius 2 is 1.67 bits per heavy atom. The molecule has 30 valence electrons. The van der Waals surface area contributed by atoms with Crippen LogP contribution in [0.5, 0.6) is 0 Å². The van der Waals surface area contributed by atoms with Gasteiger partial charge in [0.05, 0.1) is 0 Å². The summed E-state index contributed by atoms with van der Waals surface area (Å²) in [6, 6.07) is 3.30. The van der Waals surface area contributed by atoms with Gasteiger partial charge >= 0.3 is 53.4 Å². The fourth-order valence-electron chi connectivity index (χ4n) is 0.802. The minimum absolute atomic E-state index is 0.382. The molecule has 0 N–H and O–H groups in total. The van der Waals surface area contributed by atoms with Crippen molar-refractivity contribution < 1.29 is 23.0 Å². The molecule has 6 heavy (non-hydrogen) atoms. The zero-order chi connectivity index (χ0) is 4.41. The Hall–Kier alpha value is 1.09. The third-order valence-corrected chi connectivity index (χ3v) is 8.51. The minimum atomic E-state index is 0.382. The molecule has 0 nitrogen and oxygen atoms in total. The summed E-state index contributed by atoms with van der Waals surface area (Å²) in [4.78, 5) is 0. The first-order chi connectivity index (χ1) is 2.89. The topological polar surface area (TPSA) is 0 Å². The molecule has 2 heteroatoms. The van der Waals surface area contributed by atoms with Crippen LogP contribution in [0, 0.1) is 0 Å². The predicted octanol–water partition coefficient (Wildman–Crippen LogP) is 1.32. The van der Waals surface area contributed by atoms with Crippen molar-refractivity contribution in [3.8, 4) is 0 Å². The molecule has 0 spiro atoms. The van der Waals surface area contributed by atoms with Gasteiger partial charge in [-0.3, -0.25) is 0 Å². The first-order valence-corrected chi connectivity index (χ1v) is 9.76. The summed E-state index contributed by atoms with van der Waals surface area (Å²) >= 11 is 1.55. The molecule has 0 unspecified atom stereocenters. The normalized spacial score (nSPS) is 22.7. The SMILES string of the molecule is [Hf+2]=[Si]1CCCC1. The Morgan fingerprint density at radius 3 is 1.83 bits per heavy atom. The first kappa shape index (κ1) is 5.23. The zero-order valence-corrected chi connectivity index (χ0v) is 8.42. The molecule has 1 saturated heterocycles. The van der Waals surface area contributed by atoms with Gasteiger partial charge in [0.1, 0.15) is 0 Å². The standard InChI is InChI=1S/C4H8Si.Hf/c1-2-4-5-3-1;/h1-4H2;/q;+2. The second kappa shape index (κ2) is 2.41. The second-order valence-electron chi connectivity index (χ2n) is 1.81. The summed E-state index contributed by atoms with van der Waals surface area (Å²) in [5.41, 5.74) is 0.382. The van der Waals surface area contributed by atoms with Gasteiger partial charge in [0, 0.05) is 0 Å². The van der Waals surface area contributed by atoms with Crippen LogP contribution in [0.1, 0.15) is 12.8 Å². The quantitative estimate of drug-likeness (QED) is 0.578. The Labute approximate surface area is 53.4 Å². The molecular weight excluding hydrogens is 255 g/mol. The molecule has 0 saturated carbocycles. The molecule has 0 radical (unpaired) electrons. The molecule has 0 aromatic heterocycles. The van der Waals surface area contributed by atoms with Crippen molar-refractivity contribution in [3.05, 3.63) is 0 Å². The van der Waals surface area contributed by atoms with Crippen LogP contribution < -0.4 is 0 Å². The summed E-state index contributed by atoms with van der Waals surface area (Å²) in [6.45, 7) is 0. The molecule has 0 aliphatic carbocycles. The van der Waals surface area contributed by atoms with Gasteiger partial charge in [-0.25, -0.2) is 0 Å². The van der Waals surface area contributed by atoms with Crippen molar-refractivity contribution in [2.75, 3.05) is 0 Å². The van der Waals surface area contributed by atoms with Gasteiger partial charge in [-0.15, -0.1) is 0 Å². The monoisotopic (exact) mass is 264 g/mol. The maximum absolute atomic E-state index is 1.65. The molecule has 1 aliphatic heterocycles. The van der Waals surface area contributed by atoms with Crippen molar-refractivity contribution in [3.63, 3.8) is 0 Å². The van der Waals surface area contributed by atoms with Crippen molar-refractivity contribution in [2.45, 2.75) is 24.9 Å². The molecule has 0 aromatic rings. The van der Waals surface area contributed by atoms with E-state index in [0.717, 1.165) is 0 Å². The van der Waals surface area contributed by atoms with E-state index in [0.29, 0.717) is 5.49 Å². The van der Waals surface area contributed by atoms with Gasteiger partial charge in [0.2, 0.25) is 0 Å². The maximum atomic E-state index is 1.65. The fourth-order valence-corrected chi connectivity index (χ4v) is 6.22. The summed E-state index contributed by atoms with van der Waals surface area (Å²) in [5, 5.41) is 0. The van der Waals surface area contributed by atoms with E-state index < -0.39 is 0 Å². The molecule has 0 aromatic carbocycles. The fraction of sp³-hybridized carbons (Fsp3) is 1.00. The third-order valence-electron chi connectivity index (χ3n) is 1.21. The van der Waals surface area contributed by atoms with E-state index in [-0.39, 0.29) is 0 Å². The predicted molar refractivity (Wildman–Crippen MR) is 24.6 cm³/mol. The summed E-state index contributed by atoms with van der Waals surface area (Å²) in [6.07, 6.45) is 3.13. The third kappa shape index (κ3) is 1.30. The number of rotatable bonds is 0. The molecule has 1 rings (SSSR count). The van der Waals surface area contributed by atoms with Crippen LogP contribution >= 0.6 is 0 Å². The van der Waals surface area contributed by atoms with E-state index in [2.05, 4.69) is 0 Å². The molecule has 1 fully saturated rings. The van der Waals surface area contributed by atoms with Gasteiger partial charge < -0.3 is 0 Å². The van der Waals surface area contributed by atoms with E-state index in [1.807, 2.05) is 0 Å². The number of hydrogen-bond donors (Lipinski definition) is 0. The van der Waals surface area contributed by atoms with Gasteiger partial charge in [-0.1, -0.05) is 0 Å². The van der Waals surface area contributed by atoms with Crippen LogP contribution in [0.15, 0.2) is 0 Å². The van der Waals surface area contributed by atoms with Gasteiger partial charge in [-0.05, 0) is 0 Å². The molecule has 0 bridgehead atoms. The van der Waals surface area contributed by atoms with Gasteiger partial charge in [-0.2, -0.15) is 0 Å². The Balaban J connectivity index is 2.37. The van der Waals surface area contributed by atoms with Gasteiger partial charge in [0.25, 0.3) is 0 Å². The summed E-state index contributed by atoms with van der Waals surface area (Å²) < 4.78 is 0. The van der Waals surface area contributed by atoms with E-state index in [9.17, 15) is 0 Å².